The van der Waals surface area contributed by atoms with E-state index in [0.29, 0.717) is 13.2 Å². The van der Waals surface area contributed by atoms with Gasteiger partial charge >= 0.3 is 12.0 Å². The third-order valence-electron chi connectivity index (χ3n) is 3.08. The maximum Gasteiger partial charge on any atom is 0.355 e. The lowest BCUT2D eigenvalue weighted by molar-refractivity contribution is -0.123. The molecule has 11 nitrogen and oxygen atoms in total. The standard InChI is InChI=1S/C12H16N4O7S/c13-12(19)15-10(17)7-23-11(18)9-5-8(6-14-9)24(20,21)16-1-3-22-4-2-16/h5-6,14H,1-4,7H2,(H3,13,15,17,19). The summed E-state index contributed by atoms with van der Waals surface area (Å²) >= 11 is 0. The highest BCUT2D eigenvalue weighted by molar-refractivity contribution is 7.89. The number of amides is 3. The van der Waals surface area contributed by atoms with Crippen molar-refractivity contribution in [3.05, 3.63) is 18.0 Å². The van der Waals surface area contributed by atoms with Gasteiger partial charge in [0.25, 0.3) is 5.91 Å². The van der Waals surface area contributed by atoms with Crippen LogP contribution in [0.3, 0.4) is 0 Å². The van der Waals surface area contributed by atoms with Crippen LogP contribution in [0.25, 0.3) is 0 Å². The number of aromatic amines is 1. The summed E-state index contributed by atoms with van der Waals surface area (Å²) in [4.78, 5) is 35.8. The molecule has 1 aliphatic rings. The van der Waals surface area contributed by atoms with Crippen molar-refractivity contribution in [1.82, 2.24) is 14.6 Å². The maximum absolute atomic E-state index is 12.4. The minimum Gasteiger partial charge on any atom is -0.451 e. The third kappa shape index (κ3) is 4.31. The lowest BCUT2D eigenvalue weighted by Crippen LogP contribution is -2.40. The summed E-state index contributed by atoms with van der Waals surface area (Å²) in [6.07, 6.45) is 1.16. The molecule has 0 unspecified atom stereocenters. The second-order valence-corrected chi connectivity index (χ2v) is 6.69. The average molecular weight is 360 g/mol. The zero-order chi connectivity index (χ0) is 17.7. The SMILES string of the molecule is NC(=O)NC(=O)COC(=O)c1cc(S(=O)(=O)N2CCOCC2)c[nH]1. The van der Waals surface area contributed by atoms with Crippen LogP contribution in [0.15, 0.2) is 17.2 Å². The first kappa shape index (κ1) is 17.9. The molecule has 1 fully saturated rings. The summed E-state index contributed by atoms with van der Waals surface area (Å²) in [6, 6.07) is 0.0360. The van der Waals surface area contributed by atoms with Crippen LogP contribution in [0.2, 0.25) is 0 Å². The number of primary amides is 1. The summed E-state index contributed by atoms with van der Waals surface area (Å²) in [5.41, 5.74) is 4.59. The van der Waals surface area contributed by atoms with Crippen LogP contribution in [-0.2, 0) is 24.3 Å². The van der Waals surface area contributed by atoms with Gasteiger partial charge in [0, 0.05) is 19.3 Å². The molecule has 1 aromatic rings. The molecule has 0 radical (unpaired) electrons. The normalized spacial score (nSPS) is 15.7. The molecule has 0 aliphatic carbocycles. The first-order valence-electron chi connectivity index (χ1n) is 6.83. The summed E-state index contributed by atoms with van der Waals surface area (Å²) in [5, 5.41) is 1.72. The number of urea groups is 1. The Balaban J connectivity index is 2.00. The lowest BCUT2D eigenvalue weighted by Gasteiger charge is -2.25. The van der Waals surface area contributed by atoms with Crippen LogP contribution in [0, 0.1) is 0 Å². The summed E-state index contributed by atoms with van der Waals surface area (Å²) in [7, 11) is -3.75. The van der Waals surface area contributed by atoms with Crippen molar-refractivity contribution in [3.63, 3.8) is 0 Å². The predicted molar refractivity (Wildman–Crippen MR) is 78.4 cm³/mol. The van der Waals surface area contributed by atoms with Crippen LogP contribution in [0.5, 0.6) is 0 Å². The monoisotopic (exact) mass is 360 g/mol. The fraction of sp³-hybridized carbons (Fsp3) is 0.417. The molecule has 0 spiro atoms. The fourth-order valence-corrected chi connectivity index (χ4v) is 3.36. The number of esters is 1. The average Bonchev–Trinajstić information content (AvgIpc) is 3.03. The highest BCUT2D eigenvalue weighted by Gasteiger charge is 2.28. The van der Waals surface area contributed by atoms with Crippen LogP contribution >= 0.6 is 0 Å². The quantitative estimate of drug-likeness (QED) is 0.532. The Bertz CT molecular complexity index is 736. The molecular weight excluding hydrogens is 344 g/mol. The molecule has 2 rings (SSSR count). The van der Waals surface area contributed by atoms with Crippen LogP contribution < -0.4 is 11.1 Å². The van der Waals surface area contributed by atoms with E-state index in [4.69, 9.17) is 10.5 Å². The van der Waals surface area contributed by atoms with Crippen LogP contribution in [0.4, 0.5) is 4.79 Å². The maximum atomic E-state index is 12.4. The van der Waals surface area contributed by atoms with E-state index in [9.17, 15) is 22.8 Å². The van der Waals surface area contributed by atoms with Crippen LogP contribution in [0.1, 0.15) is 10.5 Å². The van der Waals surface area contributed by atoms with Gasteiger partial charge in [-0.25, -0.2) is 18.0 Å². The Hall–Kier alpha value is -2.44. The van der Waals surface area contributed by atoms with Gasteiger partial charge in [-0.05, 0) is 6.07 Å². The molecule has 4 N–H and O–H groups in total. The summed E-state index contributed by atoms with van der Waals surface area (Å²) in [6.45, 7) is 0.314. The molecule has 0 bridgehead atoms. The summed E-state index contributed by atoms with van der Waals surface area (Å²) < 4.78 is 35.8. The number of carbonyl (C=O) groups is 3. The number of imide groups is 1. The third-order valence-corrected chi connectivity index (χ3v) is 4.96. The van der Waals surface area contributed by atoms with Crippen molar-refractivity contribution in [2.75, 3.05) is 32.9 Å². The number of carbonyl (C=O) groups excluding carboxylic acids is 3. The molecule has 24 heavy (non-hydrogen) atoms. The van der Waals surface area contributed by atoms with Crippen molar-refractivity contribution < 1.29 is 32.3 Å². The summed E-state index contributed by atoms with van der Waals surface area (Å²) in [5.74, 6) is -1.85. The van der Waals surface area contributed by atoms with Crippen molar-refractivity contribution >= 4 is 27.9 Å². The number of nitrogens with two attached hydrogens (primary N) is 1. The molecule has 3 amide bonds. The zero-order valence-electron chi connectivity index (χ0n) is 12.5. The van der Waals surface area contributed by atoms with Crippen molar-refractivity contribution in [2.24, 2.45) is 5.73 Å². The predicted octanol–water partition coefficient (Wildman–Crippen LogP) is -1.61. The topological polar surface area (TPSA) is 161 Å². The number of aromatic nitrogens is 1. The van der Waals surface area contributed by atoms with Gasteiger partial charge in [0.1, 0.15) is 10.6 Å². The first-order chi connectivity index (χ1) is 11.3. The highest BCUT2D eigenvalue weighted by Crippen LogP contribution is 2.18. The number of nitrogens with zero attached hydrogens (tertiary/aromatic N) is 1. The number of morpholine rings is 1. The number of rotatable bonds is 5. The molecule has 0 saturated carbocycles. The Kier molecular flexibility index (Phi) is 5.54. The number of H-pyrrole nitrogens is 1. The van der Waals surface area contributed by atoms with E-state index >= 15 is 0 Å². The van der Waals surface area contributed by atoms with E-state index in [1.165, 1.54) is 4.31 Å². The van der Waals surface area contributed by atoms with E-state index < -0.39 is 34.5 Å². The Morgan fingerprint density at radius 2 is 2.00 bits per heavy atom. The molecule has 1 aliphatic heterocycles. The van der Waals surface area contributed by atoms with Crippen LogP contribution in [-0.4, -0.2) is 68.5 Å². The number of nitrogens with one attached hydrogen (secondary N) is 2. The first-order valence-corrected chi connectivity index (χ1v) is 8.27. The lowest BCUT2D eigenvalue weighted by atomic mass is 10.4. The number of hydrogen-bond donors (Lipinski definition) is 3. The van der Waals surface area contributed by atoms with Gasteiger partial charge in [-0.2, -0.15) is 4.31 Å². The molecule has 2 heterocycles. The van der Waals surface area contributed by atoms with Gasteiger partial charge in [0.2, 0.25) is 10.0 Å². The fourth-order valence-electron chi connectivity index (χ4n) is 1.96. The van der Waals surface area contributed by atoms with E-state index in [1.807, 2.05) is 0 Å². The van der Waals surface area contributed by atoms with E-state index in [0.717, 1.165) is 12.3 Å². The van der Waals surface area contributed by atoms with Gasteiger partial charge in [-0.15, -0.1) is 0 Å². The molecule has 12 heteroatoms. The second kappa shape index (κ2) is 7.42. The second-order valence-electron chi connectivity index (χ2n) is 4.75. The molecule has 1 aromatic heterocycles. The highest BCUT2D eigenvalue weighted by atomic mass is 32.2. The Morgan fingerprint density at radius 3 is 2.62 bits per heavy atom. The van der Waals surface area contributed by atoms with Gasteiger partial charge in [0.05, 0.1) is 13.2 Å². The smallest absolute Gasteiger partial charge is 0.355 e. The minimum absolute atomic E-state index is 0.0991. The van der Waals surface area contributed by atoms with Gasteiger partial charge in [0.15, 0.2) is 6.61 Å². The number of hydrogen-bond acceptors (Lipinski definition) is 7. The van der Waals surface area contributed by atoms with Gasteiger partial charge in [-0.3, -0.25) is 10.1 Å². The van der Waals surface area contributed by atoms with Crippen molar-refractivity contribution in [2.45, 2.75) is 4.90 Å². The number of ether oxygens (including phenoxy) is 2. The molecule has 132 valence electrons. The molecule has 0 atom stereocenters. The minimum atomic E-state index is -3.75. The number of sulfonamides is 1. The van der Waals surface area contributed by atoms with Crippen molar-refractivity contribution in [3.8, 4) is 0 Å². The van der Waals surface area contributed by atoms with E-state index in [1.54, 1.807) is 5.32 Å². The van der Waals surface area contributed by atoms with E-state index in [2.05, 4.69) is 9.72 Å². The molecule has 0 aromatic carbocycles. The Morgan fingerprint density at radius 1 is 1.33 bits per heavy atom. The van der Waals surface area contributed by atoms with Gasteiger partial charge < -0.3 is 20.2 Å². The van der Waals surface area contributed by atoms with Crippen molar-refractivity contribution in [1.29, 1.82) is 0 Å². The molecular formula is C12H16N4O7S. The zero-order valence-corrected chi connectivity index (χ0v) is 13.3. The van der Waals surface area contributed by atoms with Gasteiger partial charge in [-0.1, -0.05) is 0 Å². The van der Waals surface area contributed by atoms with E-state index in [-0.39, 0.29) is 23.7 Å². The Labute approximate surface area is 137 Å². The molecule has 1 saturated heterocycles. The largest absolute Gasteiger partial charge is 0.451 e.